The number of benzene rings is 2. The second-order valence-corrected chi connectivity index (χ2v) is 18.8. The average Bonchev–Trinajstić information content (AvgIpc) is 4.07. The topological polar surface area (TPSA) is 146 Å². The Hall–Kier alpha value is -5.48. The van der Waals surface area contributed by atoms with Gasteiger partial charge < -0.3 is 24.1 Å². The van der Waals surface area contributed by atoms with Crippen LogP contribution in [0.1, 0.15) is 97.3 Å². The third-order valence-electron chi connectivity index (χ3n) is 14.9. The molecule has 2 N–H and O–H groups in total. The Morgan fingerprint density at radius 3 is 2.25 bits per heavy atom. The molecule has 2 aromatic heterocycles. The maximum Gasteiger partial charge on any atom is 0.404 e. The molecular weight excluding hydrogens is 830 g/mol. The van der Waals surface area contributed by atoms with Crippen molar-refractivity contribution in [3.8, 4) is 28.4 Å². The Balaban J connectivity index is 0.747. The lowest BCUT2D eigenvalue weighted by Gasteiger charge is -2.53. The molecule has 2 aromatic carbocycles. The van der Waals surface area contributed by atoms with E-state index in [1.165, 1.54) is 4.90 Å². The predicted molar refractivity (Wildman–Crippen MR) is 230 cm³/mol. The van der Waals surface area contributed by atoms with Crippen LogP contribution >= 0.6 is 0 Å². The summed E-state index contributed by atoms with van der Waals surface area (Å²) in [6.07, 6.45) is 5.23. The van der Waals surface area contributed by atoms with Gasteiger partial charge in [-0.25, -0.2) is 0 Å². The van der Waals surface area contributed by atoms with Gasteiger partial charge in [0.1, 0.15) is 29.3 Å². The number of aromatic amines is 1. The highest BCUT2D eigenvalue weighted by atomic mass is 19.4. The molecule has 13 nitrogen and oxygen atoms in total. The molecule has 1 spiro atoms. The summed E-state index contributed by atoms with van der Waals surface area (Å²) in [6.45, 7) is 2.52. The van der Waals surface area contributed by atoms with E-state index in [1.54, 1.807) is 37.6 Å². The van der Waals surface area contributed by atoms with E-state index in [0.29, 0.717) is 105 Å². The molecule has 2 atom stereocenters. The lowest BCUT2D eigenvalue weighted by Crippen LogP contribution is -2.58. The number of aromatic nitrogens is 2. The minimum atomic E-state index is -4.36. The highest BCUT2D eigenvalue weighted by molar-refractivity contribution is 6.05. The van der Waals surface area contributed by atoms with Gasteiger partial charge in [-0.3, -0.25) is 39.3 Å². The second kappa shape index (κ2) is 16.5. The Labute approximate surface area is 368 Å². The summed E-state index contributed by atoms with van der Waals surface area (Å²) in [5.41, 5.74) is 4.44. The van der Waals surface area contributed by atoms with Crippen molar-refractivity contribution in [2.75, 3.05) is 40.4 Å². The van der Waals surface area contributed by atoms with Gasteiger partial charge in [-0.2, -0.15) is 13.2 Å². The third kappa shape index (κ3) is 8.01. The summed E-state index contributed by atoms with van der Waals surface area (Å²) in [4.78, 5) is 62.9. The number of carbonyl (C=O) groups is 3. The molecule has 2 aliphatic carbocycles. The largest absolute Gasteiger partial charge is 0.496 e. The van der Waals surface area contributed by atoms with E-state index in [9.17, 15) is 32.3 Å². The highest BCUT2D eigenvalue weighted by Crippen LogP contribution is 2.52. The molecule has 64 heavy (non-hydrogen) atoms. The van der Waals surface area contributed by atoms with Crippen LogP contribution in [0.2, 0.25) is 0 Å². The fraction of sp³-hybridized carbons (Fsp3) is 0.521. The van der Waals surface area contributed by atoms with Crippen molar-refractivity contribution in [1.29, 1.82) is 0 Å². The van der Waals surface area contributed by atoms with E-state index in [1.807, 2.05) is 30.3 Å². The lowest BCUT2D eigenvalue weighted by atomic mass is 9.61. The molecule has 16 heteroatoms. The summed E-state index contributed by atoms with van der Waals surface area (Å²) in [5.74, 6) is 0.611. The number of imide groups is 1. The predicted octanol–water partition coefficient (Wildman–Crippen LogP) is 6.71. The Kier molecular flexibility index (Phi) is 11.0. The van der Waals surface area contributed by atoms with Crippen LogP contribution in [-0.2, 0) is 22.7 Å². The SMILES string of the molecule is COc1cc(-c2c[nH]c(=O)c3cnc(C4CC4)cc23)cc(OC)c1CN1CCC(C(N2CCC3(CC2)CC(Oc2ccc4c(c2)C(=O)N(C2CCC(=O)NC2=O)C4)C3)C(F)(F)F)CC1. The Morgan fingerprint density at radius 1 is 0.875 bits per heavy atom. The smallest absolute Gasteiger partial charge is 0.404 e. The molecule has 4 aliphatic heterocycles. The lowest BCUT2D eigenvalue weighted by molar-refractivity contribution is -0.210. The van der Waals surface area contributed by atoms with E-state index in [4.69, 9.17) is 14.2 Å². The molecular formula is C48H53F3N6O7. The summed E-state index contributed by atoms with van der Waals surface area (Å²) in [5, 5.41) is 3.64. The number of likely N-dealkylation sites (tertiary alicyclic amines) is 2. The molecule has 5 fully saturated rings. The molecule has 2 unspecified atom stereocenters. The van der Waals surface area contributed by atoms with Gasteiger partial charge in [-0.15, -0.1) is 0 Å². The molecule has 3 amide bonds. The van der Waals surface area contributed by atoms with Crippen LogP contribution in [0.4, 0.5) is 13.2 Å². The number of amides is 3. The summed E-state index contributed by atoms with van der Waals surface area (Å²) < 4.78 is 63.1. The van der Waals surface area contributed by atoms with E-state index in [-0.39, 0.29) is 35.3 Å². The van der Waals surface area contributed by atoms with Crippen molar-refractivity contribution in [2.24, 2.45) is 11.3 Å². The number of methoxy groups -OCH3 is 2. The summed E-state index contributed by atoms with van der Waals surface area (Å²) >= 11 is 0. The molecule has 3 saturated heterocycles. The number of hydrogen-bond acceptors (Lipinski definition) is 10. The fourth-order valence-electron chi connectivity index (χ4n) is 11.2. The zero-order chi connectivity index (χ0) is 44.5. The molecule has 6 heterocycles. The number of pyridine rings is 2. The highest BCUT2D eigenvalue weighted by Gasteiger charge is 2.53. The fourth-order valence-corrected chi connectivity index (χ4v) is 11.2. The Bertz CT molecular complexity index is 2530. The summed E-state index contributed by atoms with van der Waals surface area (Å²) in [6, 6.07) is 9.07. The van der Waals surface area contributed by atoms with Crippen LogP contribution in [0.5, 0.6) is 17.2 Å². The number of fused-ring (bicyclic) bond motifs is 2. The second-order valence-electron chi connectivity index (χ2n) is 18.8. The van der Waals surface area contributed by atoms with Crippen molar-refractivity contribution < 1.29 is 41.8 Å². The first-order valence-electron chi connectivity index (χ1n) is 22.5. The monoisotopic (exact) mass is 882 g/mol. The number of alkyl halides is 3. The minimum absolute atomic E-state index is 0.0644. The quantitative estimate of drug-likeness (QED) is 0.156. The van der Waals surface area contributed by atoms with Crippen LogP contribution in [0.15, 0.2) is 53.6 Å². The van der Waals surface area contributed by atoms with Crippen molar-refractivity contribution in [3.63, 3.8) is 0 Å². The zero-order valence-corrected chi connectivity index (χ0v) is 36.1. The Morgan fingerprint density at radius 2 is 1.59 bits per heavy atom. The van der Waals surface area contributed by atoms with Crippen LogP contribution < -0.4 is 25.1 Å². The van der Waals surface area contributed by atoms with Gasteiger partial charge in [0.15, 0.2) is 0 Å². The van der Waals surface area contributed by atoms with Gasteiger partial charge in [0, 0.05) is 54.6 Å². The van der Waals surface area contributed by atoms with Crippen molar-refractivity contribution in [1.82, 2.24) is 30.0 Å². The van der Waals surface area contributed by atoms with Gasteiger partial charge in [-0.05, 0) is 142 Å². The van der Waals surface area contributed by atoms with Crippen LogP contribution in [-0.4, -0.2) is 107 Å². The average molecular weight is 883 g/mol. The van der Waals surface area contributed by atoms with E-state index < -0.39 is 30.1 Å². The maximum absolute atomic E-state index is 15.0. The third-order valence-corrected chi connectivity index (χ3v) is 14.9. The van der Waals surface area contributed by atoms with Crippen molar-refractivity contribution in [2.45, 2.75) is 108 Å². The van der Waals surface area contributed by atoms with Crippen LogP contribution in [0.3, 0.4) is 0 Å². The van der Waals surface area contributed by atoms with Gasteiger partial charge in [0.05, 0.1) is 31.3 Å². The maximum atomic E-state index is 15.0. The number of nitrogens with zero attached hydrogens (tertiary/aromatic N) is 4. The normalized spacial score (nSPS) is 22.7. The van der Waals surface area contributed by atoms with E-state index >= 15 is 0 Å². The van der Waals surface area contributed by atoms with Crippen molar-refractivity contribution >= 4 is 28.5 Å². The molecule has 10 rings (SSSR count). The van der Waals surface area contributed by atoms with Gasteiger partial charge in [0.2, 0.25) is 11.8 Å². The first-order valence-corrected chi connectivity index (χ1v) is 22.5. The number of hydrogen-bond donors (Lipinski definition) is 2. The number of rotatable bonds is 11. The van der Waals surface area contributed by atoms with Crippen LogP contribution in [0.25, 0.3) is 21.9 Å². The molecule has 0 radical (unpaired) electrons. The molecule has 2 saturated carbocycles. The van der Waals surface area contributed by atoms with Crippen LogP contribution in [0, 0.1) is 11.3 Å². The van der Waals surface area contributed by atoms with E-state index in [2.05, 4.69) is 20.2 Å². The number of nitrogens with one attached hydrogen (secondary N) is 2. The first-order chi connectivity index (χ1) is 30.8. The van der Waals surface area contributed by atoms with Gasteiger partial charge >= 0.3 is 6.18 Å². The molecule has 4 aromatic rings. The first kappa shape index (κ1) is 42.5. The molecule has 338 valence electrons. The molecule has 0 bridgehead atoms. The summed E-state index contributed by atoms with van der Waals surface area (Å²) in [7, 11) is 3.20. The standard InChI is InChI=1S/C48H53F3N6O7/c1-62-40-17-30(35-23-53-44(59)36-24-52-38(20-34(35)36)27-3-4-27)18-41(63-2)37(40)26-55-13-9-28(10-14-55)43(48(49,50)51)56-15-11-47(12-16-56)21-32(22-47)64-31-6-5-29-25-57(46(61)33(29)19-31)39-7-8-42(58)54-45(39)60/h5-6,17-20,23-24,27-28,32,39,43H,3-4,7-16,21-22,25-26H2,1-2H3,(H,53,59)(H,54,58,60). The molecule has 6 aliphatic rings. The van der Waals surface area contributed by atoms with E-state index in [0.717, 1.165) is 59.0 Å². The number of halogens is 3. The van der Waals surface area contributed by atoms with Crippen molar-refractivity contribution in [3.05, 3.63) is 81.5 Å². The minimum Gasteiger partial charge on any atom is -0.496 e. The number of H-pyrrole nitrogens is 1. The number of carbonyl (C=O) groups excluding carboxylic acids is 3. The zero-order valence-electron chi connectivity index (χ0n) is 36.1. The number of ether oxygens (including phenoxy) is 3. The van der Waals surface area contributed by atoms with Gasteiger partial charge in [0.25, 0.3) is 11.5 Å². The number of piperidine rings is 3. The van der Waals surface area contributed by atoms with Gasteiger partial charge in [-0.1, -0.05) is 6.07 Å².